The maximum Gasteiger partial charge on any atom is 0.416 e. The minimum Gasteiger partial charge on any atom is -0.493 e. The van der Waals surface area contributed by atoms with Gasteiger partial charge in [0.1, 0.15) is 12.1 Å². The summed E-state index contributed by atoms with van der Waals surface area (Å²) < 4.78 is 57.4. The first-order valence-electron chi connectivity index (χ1n) is 11.2. The standard InChI is InChI=1S/C25H22F3N3O4/c1-33-21-8-6-15(10-22(21)34-18-4-2-3-5-18)16-12-29-24(32)31(13-16)14-23-30-19-11-17(25(26,27)28)7-9-20(19)35-23/h6-13,18H,2-5,14H2,1H3. The molecule has 182 valence electrons. The van der Waals surface area contributed by atoms with Crippen molar-refractivity contribution in [2.75, 3.05) is 7.11 Å². The molecule has 0 radical (unpaired) electrons. The van der Waals surface area contributed by atoms with Crippen LogP contribution in [0.3, 0.4) is 0 Å². The average Bonchev–Trinajstić information content (AvgIpc) is 3.48. The van der Waals surface area contributed by atoms with E-state index < -0.39 is 17.4 Å². The summed E-state index contributed by atoms with van der Waals surface area (Å²) in [5.74, 6) is 1.33. The highest BCUT2D eigenvalue weighted by Crippen LogP contribution is 2.35. The van der Waals surface area contributed by atoms with Crippen LogP contribution in [0.15, 0.2) is 58.0 Å². The molecule has 0 N–H and O–H groups in total. The summed E-state index contributed by atoms with van der Waals surface area (Å²) in [5, 5.41) is 0. The molecule has 0 spiro atoms. The van der Waals surface area contributed by atoms with Gasteiger partial charge in [-0.2, -0.15) is 13.2 Å². The van der Waals surface area contributed by atoms with Gasteiger partial charge in [0.05, 0.1) is 18.8 Å². The molecule has 0 atom stereocenters. The summed E-state index contributed by atoms with van der Waals surface area (Å²) in [4.78, 5) is 20.5. The van der Waals surface area contributed by atoms with E-state index in [2.05, 4.69) is 9.97 Å². The molecule has 10 heteroatoms. The second-order valence-corrected chi connectivity index (χ2v) is 8.43. The number of alkyl halides is 3. The van der Waals surface area contributed by atoms with Crippen LogP contribution < -0.4 is 15.2 Å². The number of rotatable bonds is 6. The molecule has 0 saturated heterocycles. The first-order chi connectivity index (χ1) is 16.8. The van der Waals surface area contributed by atoms with Crippen molar-refractivity contribution in [3.63, 3.8) is 0 Å². The number of nitrogens with zero attached hydrogens (tertiary/aromatic N) is 3. The molecule has 2 heterocycles. The van der Waals surface area contributed by atoms with Crippen LogP contribution in [0, 0.1) is 0 Å². The van der Waals surface area contributed by atoms with Gasteiger partial charge in [-0.3, -0.25) is 4.57 Å². The zero-order chi connectivity index (χ0) is 24.6. The van der Waals surface area contributed by atoms with Gasteiger partial charge in [0, 0.05) is 18.0 Å². The fourth-order valence-corrected chi connectivity index (χ4v) is 4.22. The Kier molecular flexibility index (Phi) is 5.96. The van der Waals surface area contributed by atoms with E-state index in [1.165, 1.54) is 16.8 Å². The van der Waals surface area contributed by atoms with Crippen LogP contribution in [0.1, 0.15) is 37.1 Å². The Balaban J connectivity index is 1.44. The lowest BCUT2D eigenvalue weighted by Gasteiger charge is -2.17. The molecular formula is C25H22F3N3O4. The smallest absolute Gasteiger partial charge is 0.416 e. The van der Waals surface area contributed by atoms with Crippen molar-refractivity contribution in [2.45, 2.75) is 44.5 Å². The average molecular weight is 485 g/mol. The summed E-state index contributed by atoms with van der Waals surface area (Å²) in [6, 6.07) is 8.55. The third kappa shape index (κ3) is 4.87. The zero-order valence-electron chi connectivity index (χ0n) is 18.8. The molecule has 2 aromatic heterocycles. The van der Waals surface area contributed by atoms with Crippen LogP contribution in [0.5, 0.6) is 11.5 Å². The molecule has 4 aromatic rings. The molecule has 1 fully saturated rings. The molecule has 2 aromatic carbocycles. The molecule has 5 rings (SSSR count). The Morgan fingerprint density at radius 2 is 1.89 bits per heavy atom. The molecule has 35 heavy (non-hydrogen) atoms. The van der Waals surface area contributed by atoms with Gasteiger partial charge < -0.3 is 13.9 Å². The fourth-order valence-electron chi connectivity index (χ4n) is 4.22. The Morgan fingerprint density at radius 1 is 1.09 bits per heavy atom. The molecule has 1 aliphatic carbocycles. The van der Waals surface area contributed by atoms with Crippen LogP contribution >= 0.6 is 0 Å². The largest absolute Gasteiger partial charge is 0.493 e. The maximum atomic E-state index is 13.0. The predicted octanol–water partition coefficient (Wildman–Crippen LogP) is 5.45. The van der Waals surface area contributed by atoms with E-state index in [0.717, 1.165) is 43.4 Å². The Labute approximate surface area is 198 Å². The van der Waals surface area contributed by atoms with Crippen molar-refractivity contribution in [1.29, 1.82) is 0 Å². The van der Waals surface area contributed by atoms with Crippen LogP contribution in [0.25, 0.3) is 22.2 Å². The van der Waals surface area contributed by atoms with Gasteiger partial charge in [-0.1, -0.05) is 6.07 Å². The summed E-state index contributed by atoms with van der Waals surface area (Å²) in [5.41, 5.74) is 0.333. The number of halogens is 3. The number of hydrogen-bond acceptors (Lipinski definition) is 6. The van der Waals surface area contributed by atoms with Crippen molar-refractivity contribution in [1.82, 2.24) is 14.5 Å². The van der Waals surface area contributed by atoms with E-state index in [0.29, 0.717) is 17.1 Å². The highest BCUT2D eigenvalue weighted by atomic mass is 19.4. The topological polar surface area (TPSA) is 79.4 Å². The molecule has 0 amide bonds. The summed E-state index contributed by atoms with van der Waals surface area (Å²) in [7, 11) is 1.58. The first kappa shape index (κ1) is 22.9. The lowest BCUT2D eigenvalue weighted by atomic mass is 10.1. The first-order valence-corrected chi connectivity index (χ1v) is 11.2. The molecule has 0 unspecified atom stereocenters. The Hall–Kier alpha value is -3.82. The lowest BCUT2D eigenvalue weighted by Crippen LogP contribution is -2.22. The van der Waals surface area contributed by atoms with Crippen molar-refractivity contribution in [3.05, 3.63) is 70.7 Å². The van der Waals surface area contributed by atoms with E-state index in [9.17, 15) is 18.0 Å². The number of aromatic nitrogens is 3. The maximum absolute atomic E-state index is 13.0. The van der Waals surface area contributed by atoms with Crippen LogP contribution in [0.2, 0.25) is 0 Å². The summed E-state index contributed by atoms with van der Waals surface area (Å²) in [6.45, 7) is -0.0860. The number of benzene rings is 2. The van der Waals surface area contributed by atoms with E-state index >= 15 is 0 Å². The number of fused-ring (bicyclic) bond motifs is 1. The second kappa shape index (κ2) is 9.09. The fraction of sp³-hybridized carbons (Fsp3) is 0.320. The van der Waals surface area contributed by atoms with Crippen LogP contribution in [-0.4, -0.2) is 27.7 Å². The van der Waals surface area contributed by atoms with Crippen molar-refractivity contribution >= 4 is 11.1 Å². The minimum absolute atomic E-state index is 0.0656. The van der Waals surface area contributed by atoms with Crippen LogP contribution in [-0.2, 0) is 12.7 Å². The number of oxazole rings is 1. The third-order valence-corrected chi connectivity index (χ3v) is 6.01. The van der Waals surface area contributed by atoms with Gasteiger partial charge in [-0.15, -0.1) is 0 Å². The Bertz CT molecular complexity index is 1420. The minimum atomic E-state index is -4.48. The highest BCUT2D eigenvalue weighted by Gasteiger charge is 2.31. The summed E-state index contributed by atoms with van der Waals surface area (Å²) >= 11 is 0. The van der Waals surface area contributed by atoms with Gasteiger partial charge in [0.15, 0.2) is 17.1 Å². The summed E-state index contributed by atoms with van der Waals surface area (Å²) in [6.07, 6.45) is 2.98. The van der Waals surface area contributed by atoms with Crippen LogP contribution in [0.4, 0.5) is 13.2 Å². The van der Waals surface area contributed by atoms with Gasteiger partial charge in [0.2, 0.25) is 5.89 Å². The van der Waals surface area contributed by atoms with Gasteiger partial charge in [-0.25, -0.2) is 14.8 Å². The quantitative estimate of drug-likeness (QED) is 0.362. The van der Waals surface area contributed by atoms with E-state index in [4.69, 9.17) is 13.9 Å². The molecule has 0 bridgehead atoms. The van der Waals surface area contributed by atoms with E-state index in [1.54, 1.807) is 19.4 Å². The second-order valence-electron chi connectivity index (χ2n) is 8.43. The number of methoxy groups -OCH3 is 1. The molecular weight excluding hydrogens is 463 g/mol. The highest BCUT2D eigenvalue weighted by molar-refractivity contribution is 5.73. The lowest BCUT2D eigenvalue weighted by molar-refractivity contribution is -0.137. The normalized spacial score (nSPS) is 14.5. The molecule has 1 aliphatic rings. The molecule has 0 aliphatic heterocycles. The van der Waals surface area contributed by atoms with E-state index in [1.807, 2.05) is 12.1 Å². The van der Waals surface area contributed by atoms with Crippen molar-refractivity contribution in [3.8, 4) is 22.6 Å². The third-order valence-electron chi connectivity index (χ3n) is 6.01. The van der Waals surface area contributed by atoms with Gasteiger partial charge in [0.25, 0.3) is 0 Å². The number of ether oxygens (including phenoxy) is 2. The SMILES string of the molecule is COc1ccc(-c2cnc(=O)n(Cc3nc4cc(C(F)(F)F)ccc4o3)c2)cc1OC1CCCC1. The molecule has 7 nitrogen and oxygen atoms in total. The molecule has 1 saturated carbocycles. The number of hydrogen-bond donors (Lipinski definition) is 0. The predicted molar refractivity (Wildman–Crippen MR) is 121 cm³/mol. The van der Waals surface area contributed by atoms with E-state index in [-0.39, 0.29) is 29.6 Å². The monoisotopic (exact) mass is 485 g/mol. The van der Waals surface area contributed by atoms with Crippen molar-refractivity contribution in [2.24, 2.45) is 0 Å². The van der Waals surface area contributed by atoms with Gasteiger partial charge in [-0.05, 0) is 61.6 Å². The van der Waals surface area contributed by atoms with Crippen molar-refractivity contribution < 1.29 is 27.1 Å². The Morgan fingerprint density at radius 3 is 2.63 bits per heavy atom. The zero-order valence-corrected chi connectivity index (χ0v) is 18.8. The van der Waals surface area contributed by atoms with Gasteiger partial charge >= 0.3 is 11.9 Å².